The Morgan fingerprint density at radius 2 is 1.64 bits per heavy atom. The monoisotopic (exact) mass is 486 g/mol. The van der Waals surface area contributed by atoms with Crippen LogP contribution in [0.5, 0.6) is 11.5 Å². The second kappa shape index (κ2) is 10.0. The van der Waals surface area contributed by atoms with Crippen LogP contribution in [0.2, 0.25) is 0 Å². The molecule has 3 aliphatic rings. The normalized spacial score (nSPS) is 17.8. The highest BCUT2D eigenvalue weighted by Gasteiger charge is 2.40. The topological polar surface area (TPSA) is 93.7 Å². The predicted octanol–water partition coefficient (Wildman–Crippen LogP) is 4.72. The number of allylic oxidation sites excluding steroid dienone is 4. The van der Waals surface area contributed by atoms with Crippen molar-refractivity contribution >= 4 is 23.2 Å². The third kappa shape index (κ3) is 4.65. The first-order chi connectivity index (χ1) is 17.4. The summed E-state index contributed by atoms with van der Waals surface area (Å²) in [7, 11) is 1.54. The molecular formula is C29H30N2O5. The lowest BCUT2D eigenvalue weighted by molar-refractivity contribution is -0.118. The molecule has 0 aromatic heterocycles. The number of dihydropyridines is 1. The molecule has 0 saturated carbocycles. The second-order valence-corrected chi connectivity index (χ2v) is 9.51. The van der Waals surface area contributed by atoms with E-state index in [0.717, 1.165) is 48.2 Å². The van der Waals surface area contributed by atoms with Gasteiger partial charge in [-0.1, -0.05) is 18.2 Å². The Bertz CT molecular complexity index is 1260. The number of hydrogen-bond donors (Lipinski definition) is 2. The van der Waals surface area contributed by atoms with Gasteiger partial charge in [0.05, 0.1) is 7.11 Å². The first-order valence-electron chi connectivity index (χ1n) is 12.4. The molecule has 2 aromatic carbocycles. The van der Waals surface area contributed by atoms with E-state index < -0.39 is 5.92 Å². The van der Waals surface area contributed by atoms with Crippen LogP contribution in [0.15, 0.2) is 65.0 Å². The van der Waals surface area contributed by atoms with Crippen molar-refractivity contribution in [3.05, 3.63) is 76.1 Å². The molecule has 7 heteroatoms. The van der Waals surface area contributed by atoms with E-state index in [4.69, 9.17) is 9.47 Å². The lowest BCUT2D eigenvalue weighted by Crippen LogP contribution is -2.36. The predicted molar refractivity (Wildman–Crippen MR) is 136 cm³/mol. The van der Waals surface area contributed by atoms with Crippen LogP contribution in [-0.4, -0.2) is 31.2 Å². The quantitative estimate of drug-likeness (QED) is 0.614. The lowest BCUT2D eigenvalue weighted by Gasteiger charge is -2.37. The Morgan fingerprint density at radius 3 is 2.28 bits per heavy atom. The molecule has 0 saturated heterocycles. The van der Waals surface area contributed by atoms with Gasteiger partial charge in [-0.05, 0) is 68.0 Å². The summed E-state index contributed by atoms with van der Waals surface area (Å²) in [4.78, 5) is 38.5. The number of carbonyl (C=O) groups excluding carboxylic acids is 3. The number of rotatable bonds is 6. The second-order valence-electron chi connectivity index (χ2n) is 9.51. The molecule has 7 nitrogen and oxygen atoms in total. The zero-order chi connectivity index (χ0) is 25.2. The molecule has 0 bridgehead atoms. The van der Waals surface area contributed by atoms with Crippen molar-refractivity contribution in [3.63, 3.8) is 0 Å². The van der Waals surface area contributed by atoms with Crippen molar-refractivity contribution in [2.24, 2.45) is 0 Å². The summed E-state index contributed by atoms with van der Waals surface area (Å²) in [6, 6.07) is 13.0. The highest BCUT2D eigenvalue weighted by Crippen LogP contribution is 2.46. The zero-order valence-electron chi connectivity index (χ0n) is 20.6. The number of anilines is 1. The SMILES string of the molecule is COc1cc(C2C3=C(CCCC3=O)NC3=C2C(=O)CCC3)ccc1OCC(=O)Nc1cccc(C)c1. The number of benzene rings is 2. The van der Waals surface area contributed by atoms with Gasteiger partial charge in [0.2, 0.25) is 0 Å². The van der Waals surface area contributed by atoms with Gasteiger partial charge in [0.25, 0.3) is 5.91 Å². The number of carbonyl (C=O) groups is 3. The fraction of sp³-hybridized carbons (Fsp3) is 0.345. The van der Waals surface area contributed by atoms with Crippen LogP contribution in [0.25, 0.3) is 0 Å². The molecule has 5 rings (SSSR count). The van der Waals surface area contributed by atoms with Gasteiger partial charge in [0.15, 0.2) is 29.7 Å². The van der Waals surface area contributed by atoms with E-state index in [9.17, 15) is 14.4 Å². The van der Waals surface area contributed by atoms with Crippen molar-refractivity contribution in [2.45, 2.75) is 51.4 Å². The van der Waals surface area contributed by atoms with Gasteiger partial charge in [-0.2, -0.15) is 0 Å². The maximum Gasteiger partial charge on any atom is 0.262 e. The van der Waals surface area contributed by atoms with E-state index in [-0.39, 0.29) is 24.1 Å². The van der Waals surface area contributed by atoms with E-state index in [0.29, 0.717) is 41.2 Å². The van der Waals surface area contributed by atoms with Crippen LogP contribution in [-0.2, 0) is 14.4 Å². The van der Waals surface area contributed by atoms with Gasteiger partial charge < -0.3 is 20.1 Å². The third-order valence-corrected chi connectivity index (χ3v) is 6.97. The number of hydrogen-bond acceptors (Lipinski definition) is 6. The molecule has 0 atom stereocenters. The third-order valence-electron chi connectivity index (χ3n) is 6.97. The Hall–Kier alpha value is -3.87. The summed E-state index contributed by atoms with van der Waals surface area (Å²) < 4.78 is 11.4. The van der Waals surface area contributed by atoms with E-state index in [2.05, 4.69) is 10.6 Å². The highest BCUT2D eigenvalue weighted by atomic mass is 16.5. The average molecular weight is 487 g/mol. The summed E-state index contributed by atoms with van der Waals surface area (Å²) in [6.07, 6.45) is 4.21. The van der Waals surface area contributed by atoms with Crippen LogP contribution in [0.1, 0.15) is 55.6 Å². The first-order valence-corrected chi connectivity index (χ1v) is 12.4. The number of amides is 1. The van der Waals surface area contributed by atoms with Crippen LogP contribution in [0.3, 0.4) is 0 Å². The Morgan fingerprint density at radius 1 is 0.944 bits per heavy atom. The van der Waals surface area contributed by atoms with Crippen LogP contribution < -0.4 is 20.1 Å². The van der Waals surface area contributed by atoms with Crippen molar-refractivity contribution < 1.29 is 23.9 Å². The minimum atomic E-state index is -0.413. The molecule has 36 heavy (non-hydrogen) atoms. The highest BCUT2D eigenvalue weighted by molar-refractivity contribution is 6.06. The summed E-state index contributed by atoms with van der Waals surface area (Å²) in [5.74, 6) is 0.351. The maximum atomic E-state index is 13.0. The lowest BCUT2D eigenvalue weighted by atomic mass is 9.71. The molecule has 1 heterocycles. The summed E-state index contributed by atoms with van der Waals surface area (Å²) in [5, 5.41) is 6.26. The van der Waals surface area contributed by atoms with Crippen molar-refractivity contribution in [3.8, 4) is 11.5 Å². The Labute approximate surface area is 210 Å². The fourth-order valence-corrected chi connectivity index (χ4v) is 5.36. The number of methoxy groups -OCH3 is 1. The number of Topliss-reactive ketones (excluding diaryl/α,β-unsaturated/α-hetero) is 2. The van der Waals surface area contributed by atoms with Gasteiger partial charge in [-0.3, -0.25) is 14.4 Å². The van der Waals surface area contributed by atoms with E-state index >= 15 is 0 Å². The molecule has 0 spiro atoms. The zero-order valence-corrected chi connectivity index (χ0v) is 20.6. The van der Waals surface area contributed by atoms with Crippen molar-refractivity contribution in [1.82, 2.24) is 5.32 Å². The first kappa shape index (κ1) is 23.9. The van der Waals surface area contributed by atoms with Gasteiger partial charge in [-0.25, -0.2) is 0 Å². The Kier molecular flexibility index (Phi) is 6.63. The van der Waals surface area contributed by atoms with Crippen LogP contribution in [0, 0.1) is 6.92 Å². The van der Waals surface area contributed by atoms with E-state index in [1.807, 2.05) is 43.3 Å². The maximum absolute atomic E-state index is 13.0. The van der Waals surface area contributed by atoms with Gasteiger partial charge >= 0.3 is 0 Å². The Balaban J connectivity index is 1.41. The van der Waals surface area contributed by atoms with Crippen LogP contribution in [0.4, 0.5) is 5.69 Å². The minimum Gasteiger partial charge on any atom is -0.493 e. The molecule has 2 N–H and O–H groups in total. The smallest absolute Gasteiger partial charge is 0.262 e. The summed E-state index contributed by atoms with van der Waals surface area (Å²) in [5.41, 5.74) is 5.85. The van der Waals surface area contributed by atoms with Crippen LogP contribution >= 0.6 is 0 Å². The molecule has 1 aliphatic heterocycles. The largest absolute Gasteiger partial charge is 0.493 e. The molecule has 2 aliphatic carbocycles. The summed E-state index contributed by atoms with van der Waals surface area (Å²) >= 11 is 0. The number of aryl methyl sites for hydroxylation is 1. The molecule has 1 amide bonds. The molecule has 2 aromatic rings. The molecule has 0 unspecified atom stereocenters. The molecule has 0 radical (unpaired) electrons. The van der Waals surface area contributed by atoms with Gasteiger partial charge in [0.1, 0.15) is 0 Å². The molecule has 186 valence electrons. The summed E-state index contributed by atoms with van der Waals surface area (Å²) in [6.45, 7) is 1.78. The number of ether oxygens (including phenoxy) is 2. The molecule has 0 fully saturated rings. The minimum absolute atomic E-state index is 0.0887. The fourth-order valence-electron chi connectivity index (χ4n) is 5.36. The van der Waals surface area contributed by atoms with Gasteiger partial charge in [-0.15, -0.1) is 0 Å². The standard InChI is InChI=1S/C29H30N2O5/c1-17-6-3-7-19(14-17)30-26(34)16-36-24-13-12-18(15-25(24)35-2)27-28-20(8-4-10-22(28)32)31-21-9-5-11-23(33)29(21)27/h3,6-7,12-15,27,31H,4-5,8-11,16H2,1-2H3,(H,30,34). The molecular weight excluding hydrogens is 456 g/mol. The van der Waals surface area contributed by atoms with E-state index in [1.54, 1.807) is 6.07 Å². The number of ketones is 2. The van der Waals surface area contributed by atoms with E-state index in [1.165, 1.54) is 7.11 Å². The van der Waals surface area contributed by atoms with Crippen molar-refractivity contribution in [1.29, 1.82) is 0 Å². The average Bonchev–Trinajstić information content (AvgIpc) is 2.86. The van der Waals surface area contributed by atoms with Gasteiger partial charge in [0, 0.05) is 47.0 Å². The van der Waals surface area contributed by atoms with Crippen molar-refractivity contribution in [2.75, 3.05) is 19.0 Å². The number of nitrogens with one attached hydrogen (secondary N) is 2.